The molecule has 1 aromatic carbocycles. The molecule has 0 bridgehead atoms. The Balaban J connectivity index is 1.51. The van der Waals surface area contributed by atoms with Gasteiger partial charge in [0.1, 0.15) is 0 Å². The number of anilines is 1. The molecule has 0 unspecified atom stereocenters. The first-order chi connectivity index (χ1) is 14.5. The molecule has 0 aliphatic rings. The summed E-state index contributed by atoms with van der Waals surface area (Å²) >= 11 is 2.77. The fourth-order valence-electron chi connectivity index (χ4n) is 2.67. The second kappa shape index (κ2) is 10.2. The van der Waals surface area contributed by atoms with Gasteiger partial charge in [-0.25, -0.2) is 0 Å². The van der Waals surface area contributed by atoms with E-state index in [2.05, 4.69) is 15.5 Å². The van der Waals surface area contributed by atoms with Gasteiger partial charge in [0.05, 0.1) is 16.3 Å². The van der Waals surface area contributed by atoms with Gasteiger partial charge in [-0.1, -0.05) is 30.0 Å². The van der Waals surface area contributed by atoms with Crippen LogP contribution in [0.25, 0.3) is 10.7 Å². The third-order valence-corrected chi connectivity index (χ3v) is 5.84. The Bertz CT molecular complexity index is 1050. The zero-order chi connectivity index (χ0) is 21.5. The Labute approximate surface area is 181 Å². The number of Topliss-reactive ketones (excluding diaryl/α,β-unsaturated/α-hetero) is 1. The van der Waals surface area contributed by atoms with Crippen LogP contribution in [0, 0.1) is 0 Å². The number of benzene rings is 1. The second-order valence-electron chi connectivity index (χ2n) is 6.13. The van der Waals surface area contributed by atoms with E-state index in [4.69, 9.17) is 4.74 Å². The zero-order valence-corrected chi connectivity index (χ0v) is 18.1. The van der Waals surface area contributed by atoms with Gasteiger partial charge in [0.2, 0.25) is 0 Å². The van der Waals surface area contributed by atoms with Crippen LogP contribution >= 0.6 is 23.1 Å². The van der Waals surface area contributed by atoms with Crippen molar-refractivity contribution < 1.29 is 19.1 Å². The highest BCUT2D eigenvalue weighted by atomic mass is 32.2. The molecule has 0 fully saturated rings. The molecule has 0 radical (unpaired) electrons. The van der Waals surface area contributed by atoms with E-state index in [9.17, 15) is 14.4 Å². The van der Waals surface area contributed by atoms with Crippen LogP contribution in [-0.4, -0.2) is 44.8 Å². The van der Waals surface area contributed by atoms with Crippen LogP contribution in [0.15, 0.2) is 46.9 Å². The summed E-state index contributed by atoms with van der Waals surface area (Å²) in [5.74, 6) is -0.468. The van der Waals surface area contributed by atoms with Crippen molar-refractivity contribution in [2.24, 2.45) is 0 Å². The van der Waals surface area contributed by atoms with Gasteiger partial charge in [-0.05, 0) is 37.4 Å². The molecule has 2 aromatic heterocycles. The van der Waals surface area contributed by atoms with Crippen LogP contribution in [0.2, 0.25) is 0 Å². The lowest BCUT2D eigenvalue weighted by Crippen LogP contribution is -2.22. The van der Waals surface area contributed by atoms with Gasteiger partial charge >= 0.3 is 5.97 Å². The Kier molecular flexibility index (Phi) is 7.36. The number of carbonyl (C=O) groups excluding carboxylic acids is 3. The van der Waals surface area contributed by atoms with Gasteiger partial charge in [-0.3, -0.25) is 14.4 Å². The number of esters is 1. The summed E-state index contributed by atoms with van der Waals surface area (Å²) in [7, 11) is 0. The molecule has 3 rings (SSSR count). The minimum absolute atomic E-state index is 0.000112. The van der Waals surface area contributed by atoms with Crippen molar-refractivity contribution in [3.05, 3.63) is 47.3 Å². The number of carbonyl (C=O) groups is 3. The summed E-state index contributed by atoms with van der Waals surface area (Å²) in [6.07, 6.45) is 0. The number of para-hydroxylation sites is 1. The smallest absolute Gasteiger partial charge is 0.316 e. The zero-order valence-electron chi connectivity index (χ0n) is 16.5. The number of hydrogen-bond donors (Lipinski definition) is 1. The minimum atomic E-state index is -0.543. The van der Waals surface area contributed by atoms with Crippen molar-refractivity contribution in [2.45, 2.75) is 25.5 Å². The highest BCUT2D eigenvalue weighted by molar-refractivity contribution is 7.99. The number of nitrogens with one attached hydrogen (secondary N) is 1. The lowest BCUT2D eigenvalue weighted by Gasteiger charge is -2.09. The van der Waals surface area contributed by atoms with Crippen molar-refractivity contribution in [3.8, 4) is 10.7 Å². The third-order valence-electron chi connectivity index (χ3n) is 4.04. The molecule has 10 heteroatoms. The molecule has 0 saturated carbocycles. The van der Waals surface area contributed by atoms with E-state index in [1.807, 2.05) is 29.0 Å². The van der Waals surface area contributed by atoms with Crippen molar-refractivity contribution in [1.29, 1.82) is 0 Å². The van der Waals surface area contributed by atoms with E-state index < -0.39 is 18.5 Å². The third kappa shape index (κ3) is 5.33. The van der Waals surface area contributed by atoms with E-state index in [0.29, 0.717) is 23.0 Å². The molecule has 0 aliphatic carbocycles. The van der Waals surface area contributed by atoms with Crippen molar-refractivity contribution in [3.63, 3.8) is 0 Å². The molecule has 0 saturated heterocycles. The first-order valence-corrected chi connectivity index (χ1v) is 11.0. The fourth-order valence-corrected chi connectivity index (χ4v) is 4.18. The van der Waals surface area contributed by atoms with E-state index >= 15 is 0 Å². The molecular formula is C20H20N4O4S2. The van der Waals surface area contributed by atoms with Gasteiger partial charge in [0, 0.05) is 12.1 Å². The summed E-state index contributed by atoms with van der Waals surface area (Å²) in [5, 5.41) is 13.5. The van der Waals surface area contributed by atoms with E-state index in [1.165, 1.54) is 18.7 Å². The predicted molar refractivity (Wildman–Crippen MR) is 116 cm³/mol. The number of aromatic nitrogens is 3. The number of ether oxygens (including phenoxy) is 1. The Morgan fingerprint density at radius 3 is 2.67 bits per heavy atom. The van der Waals surface area contributed by atoms with E-state index in [-0.39, 0.29) is 11.5 Å². The van der Waals surface area contributed by atoms with Gasteiger partial charge < -0.3 is 14.6 Å². The maximum Gasteiger partial charge on any atom is 0.316 e. The SMILES string of the molecule is CCn1c(SCC(=O)OCC(=O)Nc2ccccc2C(C)=O)nnc1-c1cccs1. The number of rotatable bonds is 9. The average Bonchev–Trinajstić information content (AvgIpc) is 3.40. The monoisotopic (exact) mass is 444 g/mol. The molecular weight excluding hydrogens is 424 g/mol. The molecule has 30 heavy (non-hydrogen) atoms. The maximum atomic E-state index is 12.1. The van der Waals surface area contributed by atoms with Crippen LogP contribution in [0.1, 0.15) is 24.2 Å². The second-order valence-corrected chi connectivity index (χ2v) is 8.02. The molecule has 0 aliphatic heterocycles. The summed E-state index contributed by atoms with van der Waals surface area (Å²) in [6.45, 7) is 3.62. The number of nitrogens with zero attached hydrogens (tertiary/aromatic N) is 3. The van der Waals surface area contributed by atoms with Crippen molar-refractivity contribution >= 4 is 46.4 Å². The normalized spacial score (nSPS) is 10.6. The highest BCUT2D eigenvalue weighted by Crippen LogP contribution is 2.27. The number of amides is 1. The standard InChI is InChI=1S/C20H20N4O4S2/c1-3-24-19(16-9-6-10-29-16)22-23-20(24)30-12-18(27)28-11-17(26)21-15-8-5-4-7-14(15)13(2)25/h4-10H,3,11-12H2,1-2H3,(H,21,26). The first kappa shape index (κ1) is 21.7. The molecule has 8 nitrogen and oxygen atoms in total. The number of thioether (sulfide) groups is 1. The first-order valence-electron chi connectivity index (χ1n) is 9.15. The van der Waals surface area contributed by atoms with Crippen LogP contribution in [-0.2, 0) is 20.9 Å². The summed E-state index contributed by atoms with van der Waals surface area (Å²) in [5.41, 5.74) is 0.783. The molecule has 156 valence electrons. The molecule has 0 atom stereocenters. The lowest BCUT2D eigenvalue weighted by molar-refractivity contribution is -0.144. The molecule has 1 N–H and O–H groups in total. The van der Waals surface area contributed by atoms with E-state index in [0.717, 1.165) is 10.7 Å². The highest BCUT2D eigenvalue weighted by Gasteiger charge is 2.16. The molecule has 1 amide bonds. The van der Waals surface area contributed by atoms with Crippen LogP contribution < -0.4 is 5.32 Å². The minimum Gasteiger partial charge on any atom is -0.455 e. The number of ketones is 1. The summed E-state index contributed by atoms with van der Waals surface area (Å²) in [6, 6.07) is 10.6. The van der Waals surface area contributed by atoms with E-state index in [1.54, 1.807) is 35.6 Å². The average molecular weight is 445 g/mol. The molecule has 3 aromatic rings. The van der Waals surface area contributed by atoms with Gasteiger partial charge in [0.15, 0.2) is 23.4 Å². The number of hydrogen-bond acceptors (Lipinski definition) is 8. The summed E-state index contributed by atoms with van der Waals surface area (Å²) in [4.78, 5) is 36.7. The predicted octanol–water partition coefficient (Wildman–Crippen LogP) is 3.50. The van der Waals surface area contributed by atoms with Gasteiger partial charge in [0.25, 0.3) is 5.91 Å². The van der Waals surface area contributed by atoms with Crippen molar-refractivity contribution in [1.82, 2.24) is 14.8 Å². The Morgan fingerprint density at radius 1 is 1.17 bits per heavy atom. The Hall–Kier alpha value is -2.98. The lowest BCUT2D eigenvalue weighted by atomic mass is 10.1. The maximum absolute atomic E-state index is 12.1. The van der Waals surface area contributed by atoms with Crippen molar-refractivity contribution in [2.75, 3.05) is 17.7 Å². The van der Waals surface area contributed by atoms with Gasteiger partial charge in [-0.2, -0.15) is 0 Å². The molecule has 0 spiro atoms. The van der Waals surface area contributed by atoms with Crippen LogP contribution in [0.5, 0.6) is 0 Å². The van der Waals surface area contributed by atoms with Crippen LogP contribution in [0.4, 0.5) is 5.69 Å². The molecule has 2 heterocycles. The quantitative estimate of drug-likeness (QED) is 0.306. The number of thiophene rings is 1. The van der Waals surface area contributed by atoms with Gasteiger partial charge in [-0.15, -0.1) is 21.5 Å². The van der Waals surface area contributed by atoms with Crippen LogP contribution in [0.3, 0.4) is 0 Å². The Morgan fingerprint density at radius 2 is 1.97 bits per heavy atom. The summed E-state index contributed by atoms with van der Waals surface area (Å²) < 4.78 is 6.96. The fraction of sp³-hybridized carbons (Fsp3) is 0.250. The largest absolute Gasteiger partial charge is 0.455 e. The topological polar surface area (TPSA) is 103 Å².